The largest absolute Gasteiger partial charge is 0.444 e. The quantitative estimate of drug-likeness (QED) is 0.851. The van der Waals surface area contributed by atoms with Gasteiger partial charge in [0, 0.05) is 11.0 Å². The number of hydrogen-bond acceptors (Lipinski definition) is 4. The van der Waals surface area contributed by atoms with Crippen molar-refractivity contribution in [2.75, 3.05) is 6.54 Å². The lowest BCUT2D eigenvalue weighted by atomic mass is 10.2. The lowest BCUT2D eigenvalue weighted by Crippen LogP contribution is -2.45. The van der Waals surface area contributed by atoms with Gasteiger partial charge < -0.3 is 10.1 Å². The summed E-state index contributed by atoms with van der Waals surface area (Å²) >= 11 is 3.25. The summed E-state index contributed by atoms with van der Waals surface area (Å²) < 4.78 is 29.9. The normalized spacial score (nSPS) is 12.8. The van der Waals surface area contributed by atoms with Gasteiger partial charge in [-0.05, 0) is 62.7 Å². The number of carbonyl (C=O) groups excluding carboxylic acids is 1. The molecule has 0 aliphatic heterocycles. The molecule has 0 atom stereocenters. The molecule has 0 bridgehead atoms. The van der Waals surface area contributed by atoms with Gasteiger partial charge in [-0.3, -0.25) is 0 Å². The molecule has 0 aliphatic rings. The van der Waals surface area contributed by atoms with E-state index >= 15 is 0 Å². The van der Waals surface area contributed by atoms with Crippen molar-refractivity contribution in [1.82, 2.24) is 5.32 Å². The van der Waals surface area contributed by atoms with E-state index in [9.17, 15) is 13.2 Å². The summed E-state index contributed by atoms with van der Waals surface area (Å²) in [6.45, 7) is 8.32. The van der Waals surface area contributed by atoms with Gasteiger partial charge >= 0.3 is 6.09 Å². The first-order valence-electron chi connectivity index (χ1n) is 6.83. The molecule has 1 N–H and O–H groups in total. The highest BCUT2D eigenvalue weighted by Crippen LogP contribution is 2.30. The fourth-order valence-electron chi connectivity index (χ4n) is 1.65. The Morgan fingerprint density at radius 2 is 1.73 bits per heavy atom. The van der Waals surface area contributed by atoms with Gasteiger partial charge in [0.2, 0.25) is 0 Å². The molecule has 0 aromatic heterocycles. The van der Waals surface area contributed by atoms with Crippen LogP contribution in [0.4, 0.5) is 4.79 Å². The highest BCUT2D eigenvalue weighted by Gasteiger charge is 2.37. The predicted octanol–water partition coefficient (Wildman–Crippen LogP) is 3.53. The lowest BCUT2D eigenvalue weighted by molar-refractivity contribution is 0.0523. The van der Waals surface area contributed by atoms with Gasteiger partial charge in [-0.2, -0.15) is 0 Å². The van der Waals surface area contributed by atoms with E-state index in [0.717, 1.165) is 0 Å². The van der Waals surface area contributed by atoms with Crippen molar-refractivity contribution in [1.29, 1.82) is 0 Å². The third kappa shape index (κ3) is 4.71. The van der Waals surface area contributed by atoms with Crippen LogP contribution in [-0.2, 0) is 14.6 Å². The molecule has 5 nitrogen and oxygen atoms in total. The molecule has 124 valence electrons. The average Bonchev–Trinajstić information content (AvgIpc) is 2.34. The van der Waals surface area contributed by atoms with Gasteiger partial charge in [-0.1, -0.05) is 12.1 Å². The Bertz CT molecular complexity index is 648. The molecule has 0 unspecified atom stereocenters. The SMILES string of the molecule is CC(C)(C)OC(=O)NCC(C)(C)S(=O)(=O)c1ccccc1Br. The Hall–Kier alpha value is -1.08. The van der Waals surface area contributed by atoms with Crippen molar-refractivity contribution >= 4 is 31.9 Å². The number of sulfone groups is 1. The molecule has 0 radical (unpaired) electrons. The number of rotatable bonds is 4. The summed E-state index contributed by atoms with van der Waals surface area (Å²) in [5, 5.41) is 2.52. The summed E-state index contributed by atoms with van der Waals surface area (Å²) in [5.41, 5.74) is -0.629. The van der Waals surface area contributed by atoms with E-state index in [1.54, 1.807) is 52.8 Å². The summed E-state index contributed by atoms with van der Waals surface area (Å²) in [6, 6.07) is 6.61. The van der Waals surface area contributed by atoms with E-state index in [-0.39, 0.29) is 11.4 Å². The topological polar surface area (TPSA) is 72.5 Å². The zero-order chi connectivity index (χ0) is 17.2. The van der Waals surface area contributed by atoms with Crippen molar-refractivity contribution in [2.45, 2.75) is 49.9 Å². The Kier molecular flexibility index (Phi) is 5.67. The molecule has 0 aliphatic carbocycles. The highest BCUT2D eigenvalue weighted by molar-refractivity contribution is 9.10. The van der Waals surface area contributed by atoms with Gasteiger partial charge in [-0.15, -0.1) is 0 Å². The number of alkyl carbamates (subject to hydrolysis) is 1. The van der Waals surface area contributed by atoms with Crippen LogP contribution in [0.1, 0.15) is 34.6 Å². The summed E-state index contributed by atoms with van der Waals surface area (Å²) in [5.74, 6) is 0. The van der Waals surface area contributed by atoms with E-state index in [1.165, 1.54) is 6.07 Å². The number of halogens is 1. The maximum absolute atomic E-state index is 12.8. The van der Waals surface area contributed by atoms with E-state index in [4.69, 9.17) is 4.74 Å². The first-order valence-corrected chi connectivity index (χ1v) is 9.10. The van der Waals surface area contributed by atoms with Crippen LogP contribution in [0, 0.1) is 0 Å². The fraction of sp³-hybridized carbons (Fsp3) is 0.533. The van der Waals surface area contributed by atoms with Crippen molar-refractivity contribution in [3.05, 3.63) is 28.7 Å². The van der Waals surface area contributed by atoms with Crippen molar-refractivity contribution < 1.29 is 17.9 Å². The minimum absolute atomic E-state index is 0.0500. The molecule has 0 saturated heterocycles. The van der Waals surface area contributed by atoms with Crippen LogP contribution in [0.3, 0.4) is 0 Å². The van der Waals surface area contributed by atoms with E-state index in [1.807, 2.05) is 0 Å². The van der Waals surface area contributed by atoms with Gasteiger partial charge in [0.15, 0.2) is 9.84 Å². The highest BCUT2D eigenvalue weighted by atomic mass is 79.9. The molecule has 22 heavy (non-hydrogen) atoms. The Labute approximate surface area is 140 Å². The molecule has 7 heteroatoms. The number of ether oxygens (including phenoxy) is 1. The molecule has 0 heterocycles. The molecule has 1 rings (SSSR count). The van der Waals surface area contributed by atoms with Crippen LogP contribution in [0.15, 0.2) is 33.6 Å². The van der Waals surface area contributed by atoms with Crippen molar-refractivity contribution in [3.63, 3.8) is 0 Å². The van der Waals surface area contributed by atoms with Crippen molar-refractivity contribution in [3.8, 4) is 0 Å². The monoisotopic (exact) mass is 391 g/mol. The smallest absolute Gasteiger partial charge is 0.407 e. The summed E-state index contributed by atoms with van der Waals surface area (Å²) in [7, 11) is -3.63. The second kappa shape index (κ2) is 6.58. The molecule has 0 saturated carbocycles. The minimum Gasteiger partial charge on any atom is -0.444 e. The molecule has 1 amide bonds. The molecule has 1 aromatic carbocycles. The summed E-state index contributed by atoms with van der Waals surface area (Å²) in [4.78, 5) is 11.9. The van der Waals surface area contributed by atoms with Crippen LogP contribution >= 0.6 is 15.9 Å². The zero-order valence-corrected chi connectivity index (χ0v) is 15.8. The van der Waals surface area contributed by atoms with Crippen LogP contribution in [0.2, 0.25) is 0 Å². The minimum atomic E-state index is -3.63. The van der Waals surface area contributed by atoms with E-state index in [2.05, 4.69) is 21.2 Å². The molecular formula is C15H22BrNO4S. The fourth-order valence-corrected chi connectivity index (χ4v) is 4.02. The van der Waals surface area contributed by atoms with Crippen LogP contribution in [0.25, 0.3) is 0 Å². The van der Waals surface area contributed by atoms with Crippen molar-refractivity contribution in [2.24, 2.45) is 0 Å². The van der Waals surface area contributed by atoms with Crippen LogP contribution in [0.5, 0.6) is 0 Å². The standard InChI is InChI=1S/C15H22BrNO4S/c1-14(2,3)21-13(18)17-10-15(4,5)22(19,20)12-9-7-6-8-11(12)16/h6-9H,10H2,1-5H3,(H,17,18). The van der Waals surface area contributed by atoms with E-state index in [0.29, 0.717) is 4.47 Å². The number of benzene rings is 1. The molecular weight excluding hydrogens is 370 g/mol. The number of amides is 1. The van der Waals surface area contributed by atoms with Gasteiger partial charge in [0.25, 0.3) is 0 Å². The first-order chi connectivity index (χ1) is 9.87. The van der Waals surface area contributed by atoms with Crippen LogP contribution in [-0.4, -0.2) is 31.4 Å². The lowest BCUT2D eigenvalue weighted by Gasteiger charge is -2.27. The first kappa shape index (κ1) is 19.0. The Morgan fingerprint density at radius 1 is 1.18 bits per heavy atom. The maximum Gasteiger partial charge on any atom is 0.407 e. The number of nitrogens with one attached hydrogen (secondary N) is 1. The van der Waals surface area contributed by atoms with Gasteiger partial charge in [0.05, 0.1) is 9.64 Å². The van der Waals surface area contributed by atoms with Crippen LogP contribution < -0.4 is 5.32 Å². The average molecular weight is 392 g/mol. The predicted molar refractivity (Wildman–Crippen MR) is 89.6 cm³/mol. The van der Waals surface area contributed by atoms with Gasteiger partial charge in [-0.25, -0.2) is 13.2 Å². The maximum atomic E-state index is 12.8. The Balaban J connectivity index is 2.90. The second-order valence-electron chi connectivity index (χ2n) is 6.55. The third-order valence-corrected chi connectivity index (χ3v) is 6.40. The third-order valence-electron chi connectivity index (χ3n) is 2.91. The van der Waals surface area contributed by atoms with E-state index < -0.39 is 26.3 Å². The molecule has 1 aromatic rings. The number of hydrogen-bond donors (Lipinski definition) is 1. The number of carbonyl (C=O) groups is 1. The van der Waals surface area contributed by atoms with Gasteiger partial charge in [0.1, 0.15) is 5.60 Å². The molecule has 0 spiro atoms. The zero-order valence-electron chi connectivity index (χ0n) is 13.4. The second-order valence-corrected chi connectivity index (χ2v) is 9.96. The Morgan fingerprint density at radius 3 is 2.23 bits per heavy atom. The molecule has 0 fully saturated rings. The summed E-state index contributed by atoms with van der Waals surface area (Å²) in [6.07, 6.45) is -0.636.